The van der Waals surface area contributed by atoms with E-state index in [0.29, 0.717) is 11.8 Å². The highest BCUT2D eigenvalue weighted by molar-refractivity contribution is 5.38. The third-order valence-corrected chi connectivity index (χ3v) is 8.70. The van der Waals surface area contributed by atoms with E-state index >= 15 is 0 Å². The standard InChI is InChI=1S/C34H44O4/c1-21(2)19-33(9)27-15-11-23(35-27)31(5,6)25-13-17-29(37-25)34(10,20-22(3)4)30-18-14-26(38-30)32(7,8)24-12-16-28(33)36-24/h11-18,21-22H,19-20H2,1-10H3. The molecule has 4 nitrogen and oxygen atoms in total. The average Bonchev–Trinajstić information content (AvgIpc) is 3.63. The second-order valence-corrected chi connectivity index (χ2v) is 13.8. The van der Waals surface area contributed by atoms with Crippen molar-refractivity contribution in [3.05, 3.63) is 94.6 Å². The normalized spacial score (nSPS) is 24.3. The van der Waals surface area contributed by atoms with Crippen LogP contribution in [0.2, 0.25) is 0 Å². The first-order valence-electron chi connectivity index (χ1n) is 14.1. The molecule has 1 aliphatic rings. The van der Waals surface area contributed by atoms with E-state index in [9.17, 15) is 0 Å². The number of hydrogen-bond donors (Lipinski definition) is 0. The lowest BCUT2D eigenvalue weighted by Gasteiger charge is -2.30. The molecule has 0 fully saturated rings. The molecule has 38 heavy (non-hydrogen) atoms. The van der Waals surface area contributed by atoms with E-state index < -0.39 is 21.7 Å². The van der Waals surface area contributed by atoms with Gasteiger partial charge in [-0.15, -0.1) is 0 Å². The SMILES string of the molecule is CC(C)CC1(C)c2ccc(o2)C(C)(C)c2ccc(o2)C(C)(CC(C)C)c2ccc(o2)C(C)(C)c2ccc1o2. The highest BCUT2D eigenvalue weighted by Gasteiger charge is 2.43. The summed E-state index contributed by atoms with van der Waals surface area (Å²) in [6, 6.07) is 16.9. The van der Waals surface area contributed by atoms with Crippen LogP contribution < -0.4 is 0 Å². The summed E-state index contributed by atoms with van der Waals surface area (Å²) in [6.07, 6.45) is 1.80. The number of furan rings is 4. The molecule has 4 heteroatoms. The van der Waals surface area contributed by atoms with Crippen molar-refractivity contribution in [1.82, 2.24) is 0 Å². The van der Waals surface area contributed by atoms with Crippen molar-refractivity contribution in [2.45, 2.75) is 104 Å². The van der Waals surface area contributed by atoms with Gasteiger partial charge in [-0.2, -0.15) is 0 Å². The molecule has 0 radical (unpaired) electrons. The first-order chi connectivity index (χ1) is 17.7. The van der Waals surface area contributed by atoms with E-state index in [2.05, 4.69) is 118 Å². The maximum Gasteiger partial charge on any atom is 0.117 e. The van der Waals surface area contributed by atoms with Gasteiger partial charge in [-0.3, -0.25) is 0 Å². The van der Waals surface area contributed by atoms with Gasteiger partial charge in [-0.25, -0.2) is 0 Å². The molecule has 0 spiro atoms. The quantitative estimate of drug-likeness (QED) is 0.271. The molecule has 0 N–H and O–H groups in total. The van der Waals surface area contributed by atoms with E-state index in [-0.39, 0.29) is 0 Å². The van der Waals surface area contributed by atoms with Crippen molar-refractivity contribution in [1.29, 1.82) is 0 Å². The molecule has 0 aliphatic carbocycles. The van der Waals surface area contributed by atoms with Crippen LogP contribution in [-0.2, 0) is 21.7 Å². The van der Waals surface area contributed by atoms with Crippen LogP contribution in [-0.4, -0.2) is 0 Å². The minimum absolute atomic E-state index is 0.410. The Morgan fingerprint density at radius 3 is 0.842 bits per heavy atom. The Bertz CT molecular complexity index is 1220. The molecule has 8 bridgehead atoms. The number of fused-ring (bicyclic) bond motifs is 8. The van der Waals surface area contributed by atoms with Crippen molar-refractivity contribution < 1.29 is 17.7 Å². The highest BCUT2D eigenvalue weighted by atomic mass is 16.4. The zero-order chi connectivity index (χ0) is 27.7. The predicted molar refractivity (Wildman–Crippen MR) is 151 cm³/mol. The van der Waals surface area contributed by atoms with E-state index in [0.717, 1.165) is 58.9 Å². The number of hydrogen-bond acceptors (Lipinski definition) is 4. The van der Waals surface area contributed by atoms with Crippen molar-refractivity contribution in [2.24, 2.45) is 11.8 Å². The molecule has 0 unspecified atom stereocenters. The van der Waals surface area contributed by atoms with Crippen molar-refractivity contribution in [3.63, 3.8) is 0 Å². The summed E-state index contributed by atoms with van der Waals surface area (Å²) in [5.41, 5.74) is -1.72. The van der Waals surface area contributed by atoms with Gasteiger partial charge in [0.05, 0.1) is 21.7 Å². The fourth-order valence-corrected chi connectivity index (χ4v) is 6.40. The molecule has 0 aromatic carbocycles. The Balaban J connectivity index is 1.77. The molecule has 4 aromatic rings. The topological polar surface area (TPSA) is 52.6 Å². The second kappa shape index (κ2) is 8.83. The lowest BCUT2D eigenvalue weighted by Crippen LogP contribution is -2.26. The van der Waals surface area contributed by atoms with Gasteiger partial charge in [0.1, 0.15) is 46.1 Å². The van der Waals surface area contributed by atoms with Gasteiger partial charge >= 0.3 is 0 Å². The minimum Gasteiger partial charge on any atom is -0.464 e. The van der Waals surface area contributed by atoms with Crippen LogP contribution in [0.4, 0.5) is 0 Å². The summed E-state index contributed by atoms with van der Waals surface area (Å²) in [6.45, 7) is 22.1. The van der Waals surface area contributed by atoms with Gasteiger partial charge in [0, 0.05) is 0 Å². The first kappa shape index (κ1) is 26.7. The molecule has 0 atom stereocenters. The molecule has 0 saturated carbocycles. The van der Waals surface area contributed by atoms with Crippen LogP contribution in [0, 0.1) is 11.8 Å². The van der Waals surface area contributed by atoms with Crippen molar-refractivity contribution in [2.75, 3.05) is 0 Å². The largest absolute Gasteiger partial charge is 0.464 e. The fraction of sp³-hybridized carbons (Fsp3) is 0.529. The second-order valence-electron chi connectivity index (χ2n) is 13.8. The Labute approximate surface area is 227 Å². The smallest absolute Gasteiger partial charge is 0.117 e. The molecular weight excluding hydrogens is 472 g/mol. The Morgan fingerprint density at radius 1 is 0.421 bits per heavy atom. The maximum absolute atomic E-state index is 6.71. The van der Waals surface area contributed by atoms with Gasteiger partial charge in [-0.1, -0.05) is 27.7 Å². The summed E-state index contributed by atoms with van der Waals surface area (Å²) >= 11 is 0. The van der Waals surface area contributed by atoms with Crippen LogP contribution in [0.3, 0.4) is 0 Å². The molecule has 204 valence electrons. The molecule has 1 aliphatic heterocycles. The summed E-state index contributed by atoms with van der Waals surface area (Å²) in [5.74, 6) is 8.09. The van der Waals surface area contributed by atoms with Gasteiger partial charge in [0.2, 0.25) is 0 Å². The average molecular weight is 517 g/mol. The van der Waals surface area contributed by atoms with E-state index in [1.165, 1.54) is 0 Å². The Hall–Kier alpha value is -2.88. The van der Waals surface area contributed by atoms with E-state index in [1.54, 1.807) is 0 Å². The van der Waals surface area contributed by atoms with Crippen LogP contribution >= 0.6 is 0 Å². The van der Waals surface area contributed by atoms with E-state index in [4.69, 9.17) is 17.7 Å². The molecule has 0 saturated heterocycles. The zero-order valence-electron chi connectivity index (χ0n) is 24.8. The Morgan fingerprint density at radius 2 is 0.632 bits per heavy atom. The van der Waals surface area contributed by atoms with Crippen LogP contribution in [0.25, 0.3) is 0 Å². The lowest BCUT2D eigenvalue weighted by molar-refractivity contribution is 0.241. The van der Waals surface area contributed by atoms with Gasteiger partial charge < -0.3 is 17.7 Å². The minimum atomic E-state index is -0.449. The Kier molecular flexibility index (Phi) is 6.21. The van der Waals surface area contributed by atoms with Crippen molar-refractivity contribution >= 4 is 0 Å². The molecule has 4 aromatic heterocycles. The molecular formula is C34H44O4. The fourth-order valence-electron chi connectivity index (χ4n) is 6.40. The monoisotopic (exact) mass is 516 g/mol. The summed E-state index contributed by atoms with van der Waals surface area (Å²) in [5, 5.41) is 0. The third-order valence-electron chi connectivity index (χ3n) is 8.70. The molecule has 5 rings (SSSR count). The molecule has 5 heterocycles. The van der Waals surface area contributed by atoms with Crippen LogP contribution in [0.1, 0.15) is 128 Å². The number of rotatable bonds is 4. The van der Waals surface area contributed by atoms with Crippen LogP contribution in [0.5, 0.6) is 0 Å². The van der Waals surface area contributed by atoms with Crippen LogP contribution in [0.15, 0.2) is 66.2 Å². The zero-order valence-corrected chi connectivity index (χ0v) is 24.8. The van der Waals surface area contributed by atoms with Gasteiger partial charge in [0.15, 0.2) is 0 Å². The summed E-state index contributed by atoms with van der Waals surface area (Å²) in [4.78, 5) is 0. The lowest BCUT2D eigenvalue weighted by atomic mass is 9.78. The predicted octanol–water partition coefficient (Wildman–Crippen LogP) is 9.73. The summed E-state index contributed by atoms with van der Waals surface area (Å²) in [7, 11) is 0. The third kappa shape index (κ3) is 4.12. The first-order valence-corrected chi connectivity index (χ1v) is 14.1. The van der Waals surface area contributed by atoms with Gasteiger partial charge in [0.25, 0.3) is 0 Å². The van der Waals surface area contributed by atoms with Crippen molar-refractivity contribution in [3.8, 4) is 0 Å². The van der Waals surface area contributed by atoms with Gasteiger partial charge in [-0.05, 0) is 115 Å². The maximum atomic E-state index is 6.71. The molecule has 0 amide bonds. The highest BCUT2D eigenvalue weighted by Crippen LogP contribution is 2.47. The van der Waals surface area contributed by atoms with E-state index in [1.807, 2.05) is 0 Å². The summed E-state index contributed by atoms with van der Waals surface area (Å²) < 4.78 is 26.8.